The maximum atomic E-state index is 12.9. The zero-order valence-electron chi connectivity index (χ0n) is 11.7. The van der Waals surface area contributed by atoms with Gasteiger partial charge in [0, 0.05) is 24.0 Å². The van der Waals surface area contributed by atoms with E-state index in [1.807, 2.05) is 5.38 Å². The molecular formula is C17H14F2N2S. The standard InChI is InChI=1S/C17H14F2N2S/c18-14-5-1-12(2-6-14)9-20-10-16-11-22-17(21-16)13-3-7-15(19)8-4-13/h1-8,11,20H,9-10H2. The molecule has 0 spiro atoms. The number of aromatic nitrogens is 1. The SMILES string of the molecule is Fc1ccc(CNCc2csc(-c3ccc(F)cc3)n2)cc1. The van der Waals surface area contributed by atoms with Crippen LogP contribution in [0.3, 0.4) is 0 Å². The van der Waals surface area contributed by atoms with Gasteiger partial charge in [-0.2, -0.15) is 0 Å². The third-order valence-corrected chi connectivity index (χ3v) is 4.13. The Labute approximate surface area is 131 Å². The van der Waals surface area contributed by atoms with Crippen molar-refractivity contribution in [2.45, 2.75) is 13.1 Å². The number of benzene rings is 2. The summed E-state index contributed by atoms with van der Waals surface area (Å²) in [7, 11) is 0. The van der Waals surface area contributed by atoms with Gasteiger partial charge in [0.25, 0.3) is 0 Å². The number of rotatable bonds is 5. The van der Waals surface area contributed by atoms with Crippen molar-refractivity contribution in [2.75, 3.05) is 0 Å². The van der Waals surface area contributed by atoms with Crippen LogP contribution in [0.2, 0.25) is 0 Å². The van der Waals surface area contributed by atoms with Gasteiger partial charge in [0.1, 0.15) is 16.6 Å². The van der Waals surface area contributed by atoms with E-state index in [1.54, 1.807) is 24.3 Å². The summed E-state index contributed by atoms with van der Waals surface area (Å²) in [5, 5.41) is 6.13. The smallest absolute Gasteiger partial charge is 0.123 e. The van der Waals surface area contributed by atoms with E-state index in [9.17, 15) is 8.78 Å². The molecule has 0 fully saturated rings. The molecule has 2 nitrogen and oxygen atoms in total. The third kappa shape index (κ3) is 3.75. The van der Waals surface area contributed by atoms with E-state index >= 15 is 0 Å². The molecule has 22 heavy (non-hydrogen) atoms. The van der Waals surface area contributed by atoms with Gasteiger partial charge in [-0.15, -0.1) is 11.3 Å². The minimum Gasteiger partial charge on any atom is -0.307 e. The monoisotopic (exact) mass is 316 g/mol. The van der Waals surface area contributed by atoms with E-state index in [1.165, 1.54) is 35.6 Å². The average Bonchev–Trinajstić information content (AvgIpc) is 2.99. The molecule has 1 aromatic heterocycles. The first-order valence-corrected chi connectivity index (χ1v) is 7.74. The molecular weight excluding hydrogens is 302 g/mol. The topological polar surface area (TPSA) is 24.9 Å². The molecule has 5 heteroatoms. The number of hydrogen-bond donors (Lipinski definition) is 1. The fourth-order valence-corrected chi connectivity index (χ4v) is 2.88. The second-order valence-corrected chi connectivity index (χ2v) is 5.74. The highest BCUT2D eigenvalue weighted by molar-refractivity contribution is 7.13. The zero-order valence-corrected chi connectivity index (χ0v) is 12.5. The van der Waals surface area contributed by atoms with Crippen molar-refractivity contribution in [1.82, 2.24) is 10.3 Å². The van der Waals surface area contributed by atoms with Gasteiger partial charge in [0.15, 0.2) is 0 Å². The zero-order chi connectivity index (χ0) is 15.4. The summed E-state index contributed by atoms with van der Waals surface area (Å²) in [4.78, 5) is 4.53. The minimum atomic E-state index is -0.249. The minimum absolute atomic E-state index is 0.229. The number of hydrogen-bond acceptors (Lipinski definition) is 3. The van der Waals surface area contributed by atoms with Crippen LogP contribution in [0.1, 0.15) is 11.3 Å². The fourth-order valence-electron chi connectivity index (χ4n) is 2.05. The van der Waals surface area contributed by atoms with Gasteiger partial charge in [-0.3, -0.25) is 0 Å². The van der Waals surface area contributed by atoms with Crippen molar-refractivity contribution in [3.8, 4) is 10.6 Å². The van der Waals surface area contributed by atoms with Crippen molar-refractivity contribution >= 4 is 11.3 Å². The highest BCUT2D eigenvalue weighted by atomic mass is 32.1. The first kappa shape index (κ1) is 14.8. The summed E-state index contributed by atoms with van der Waals surface area (Å²) in [5.74, 6) is -0.478. The molecule has 112 valence electrons. The molecule has 1 N–H and O–H groups in total. The summed E-state index contributed by atoms with van der Waals surface area (Å²) < 4.78 is 25.7. The van der Waals surface area contributed by atoms with Gasteiger partial charge in [0.2, 0.25) is 0 Å². The predicted molar refractivity (Wildman–Crippen MR) is 84.5 cm³/mol. The van der Waals surface area contributed by atoms with Gasteiger partial charge in [-0.05, 0) is 42.0 Å². The Balaban J connectivity index is 1.57. The average molecular weight is 316 g/mol. The van der Waals surface area contributed by atoms with E-state index in [0.29, 0.717) is 13.1 Å². The molecule has 0 aliphatic carbocycles. The van der Waals surface area contributed by atoms with Crippen LogP contribution in [0.15, 0.2) is 53.9 Å². The van der Waals surface area contributed by atoms with Gasteiger partial charge < -0.3 is 5.32 Å². The van der Waals surface area contributed by atoms with Gasteiger partial charge >= 0.3 is 0 Å². The highest BCUT2D eigenvalue weighted by Crippen LogP contribution is 2.23. The molecule has 0 aliphatic rings. The number of nitrogens with one attached hydrogen (secondary N) is 1. The molecule has 0 unspecified atom stereocenters. The third-order valence-electron chi connectivity index (χ3n) is 3.19. The van der Waals surface area contributed by atoms with Crippen LogP contribution in [-0.4, -0.2) is 4.98 Å². The van der Waals surface area contributed by atoms with E-state index in [-0.39, 0.29) is 11.6 Å². The van der Waals surface area contributed by atoms with E-state index < -0.39 is 0 Å². The Kier molecular flexibility index (Phi) is 4.56. The second-order valence-electron chi connectivity index (χ2n) is 4.88. The number of halogens is 2. The van der Waals surface area contributed by atoms with Crippen LogP contribution < -0.4 is 5.32 Å². The predicted octanol–water partition coefficient (Wildman–Crippen LogP) is 4.38. The maximum absolute atomic E-state index is 12.9. The molecule has 3 aromatic rings. The van der Waals surface area contributed by atoms with Crippen LogP contribution in [0.5, 0.6) is 0 Å². The van der Waals surface area contributed by atoms with Crippen LogP contribution >= 0.6 is 11.3 Å². The van der Waals surface area contributed by atoms with Crippen molar-refractivity contribution < 1.29 is 8.78 Å². The fraction of sp³-hybridized carbons (Fsp3) is 0.118. The molecule has 0 saturated carbocycles. The highest BCUT2D eigenvalue weighted by Gasteiger charge is 2.05. The first-order valence-electron chi connectivity index (χ1n) is 6.86. The Hall–Kier alpha value is -2.11. The van der Waals surface area contributed by atoms with Gasteiger partial charge in [-0.1, -0.05) is 12.1 Å². The normalized spacial score (nSPS) is 10.8. The van der Waals surface area contributed by atoms with Gasteiger partial charge in [0.05, 0.1) is 5.69 Å². The molecule has 0 saturated heterocycles. The maximum Gasteiger partial charge on any atom is 0.123 e. The summed E-state index contributed by atoms with van der Waals surface area (Å²) in [5.41, 5.74) is 2.87. The largest absolute Gasteiger partial charge is 0.307 e. The lowest BCUT2D eigenvalue weighted by Gasteiger charge is -2.03. The lowest BCUT2D eigenvalue weighted by molar-refractivity contribution is 0.624. The summed E-state index contributed by atoms with van der Waals surface area (Å²) in [6, 6.07) is 12.7. The van der Waals surface area contributed by atoms with E-state index in [4.69, 9.17) is 0 Å². The quantitative estimate of drug-likeness (QED) is 0.755. The first-order chi connectivity index (χ1) is 10.7. The van der Waals surface area contributed by atoms with Crippen molar-refractivity contribution in [2.24, 2.45) is 0 Å². The van der Waals surface area contributed by atoms with Crippen LogP contribution in [0, 0.1) is 11.6 Å². The lowest BCUT2D eigenvalue weighted by Crippen LogP contribution is -2.12. The van der Waals surface area contributed by atoms with Crippen LogP contribution in [-0.2, 0) is 13.1 Å². The van der Waals surface area contributed by atoms with Crippen molar-refractivity contribution in [3.05, 3.63) is 76.8 Å². The van der Waals surface area contributed by atoms with Crippen LogP contribution in [0.4, 0.5) is 8.78 Å². The van der Waals surface area contributed by atoms with Crippen molar-refractivity contribution in [1.29, 1.82) is 0 Å². The van der Waals surface area contributed by atoms with Crippen molar-refractivity contribution in [3.63, 3.8) is 0 Å². The summed E-state index contributed by atoms with van der Waals surface area (Å²) >= 11 is 1.53. The Morgan fingerprint density at radius 3 is 2.18 bits per heavy atom. The number of nitrogens with zero attached hydrogens (tertiary/aromatic N) is 1. The molecule has 0 radical (unpaired) electrons. The number of thiazole rings is 1. The molecule has 0 aliphatic heterocycles. The molecule has 0 bridgehead atoms. The molecule has 1 heterocycles. The summed E-state index contributed by atoms with van der Waals surface area (Å²) in [6.45, 7) is 1.29. The van der Waals surface area contributed by atoms with Crippen LogP contribution in [0.25, 0.3) is 10.6 Å². The molecule has 3 rings (SSSR count). The van der Waals surface area contributed by atoms with Gasteiger partial charge in [-0.25, -0.2) is 13.8 Å². The summed E-state index contributed by atoms with van der Waals surface area (Å²) in [6.07, 6.45) is 0. The Morgan fingerprint density at radius 1 is 0.864 bits per heavy atom. The molecule has 0 amide bonds. The second kappa shape index (κ2) is 6.77. The van der Waals surface area contributed by atoms with E-state index in [2.05, 4.69) is 10.3 Å². The molecule has 2 aromatic carbocycles. The van der Waals surface area contributed by atoms with E-state index in [0.717, 1.165) is 21.8 Å². The Morgan fingerprint density at radius 2 is 1.50 bits per heavy atom. The molecule has 0 atom stereocenters. The Bertz CT molecular complexity index is 736. The lowest BCUT2D eigenvalue weighted by atomic mass is 10.2.